The normalized spacial score (nSPS) is 11.5. The number of pyridine rings is 1. The van der Waals surface area contributed by atoms with E-state index < -0.39 is 0 Å². The van der Waals surface area contributed by atoms with E-state index in [0.29, 0.717) is 24.7 Å². The first-order valence-corrected chi connectivity index (χ1v) is 5.95. The summed E-state index contributed by atoms with van der Waals surface area (Å²) >= 11 is 5.55. The summed E-state index contributed by atoms with van der Waals surface area (Å²) in [4.78, 5) is 4.08. The molecular formula is C13H16ClNO2. The molecule has 0 spiro atoms. The molecule has 4 heteroatoms. The Hall–Kier alpha value is -1.24. The number of alkyl halides is 1. The third-order valence-corrected chi connectivity index (χ3v) is 2.09. The summed E-state index contributed by atoms with van der Waals surface area (Å²) in [7, 11) is 1.65. The Morgan fingerprint density at radius 3 is 3.00 bits per heavy atom. The van der Waals surface area contributed by atoms with Crippen LogP contribution in [0.4, 0.5) is 0 Å². The molecule has 0 aliphatic rings. The average molecular weight is 254 g/mol. The van der Waals surface area contributed by atoms with E-state index in [1.54, 1.807) is 19.5 Å². The lowest BCUT2D eigenvalue weighted by molar-refractivity contribution is 0.0918. The fraction of sp³-hybridized carbons (Fsp3) is 0.462. The SMILES string of the molecule is COCC(C)Oc1cncc(C#CCCCl)c1. The topological polar surface area (TPSA) is 31.4 Å². The molecule has 0 saturated heterocycles. The van der Waals surface area contributed by atoms with Gasteiger partial charge in [-0.05, 0) is 13.0 Å². The lowest BCUT2D eigenvalue weighted by atomic mass is 10.2. The van der Waals surface area contributed by atoms with Crippen molar-refractivity contribution in [2.45, 2.75) is 19.4 Å². The zero-order chi connectivity index (χ0) is 12.5. The highest BCUT2D eigenvalue weighted by molar-refractivity contribution is 6.18. The van der Waals surface area contributed by atoms with Gasteiger partial charge in [-0.2, -0.15) is 0 Å². The number of methoxy groups -OCH3 is 1. The van der Waals surface area contributed by atoms with Crippen LogP contribution in [0.15, 0.2) is 18.5 Å². The predicted octanol–water partition coefficient (Wildman–Crippen LogP) is 2.48. The summed E-state index contributed by atoms with van der Waals surface area (Å²) in [5.74, 6) is 7.18. The summed E-state index contributed by atoms with van der Waals surface area (Å²) in [6, 6.07) is 1.86. The van der Waals surface area contributed by atoms with E-state index in [1.807, 2.05) is 13.0 Å². The molecule has 17 heavy (non-hydrogen) atoms. The van der Waals surface area contributed by atoms with Crippen LogP contribution in [0, 0.1) is 11.8 Å². The highest BCUT2D eigenvalue weighted by Gasteiger charge is 2.03. The monoisotopic (exact) mass is 253 g/mol. The van der Waals surface area contributed by atoms with Gasteiger partial charge in [-0.3, -0.25) is 4.98 Å². The maximum absolute atomic E-state index is 5.62. The van der Waals surface area contributed by atoms with Gasteiger partial charge < -0.3 is 9.47 Å². The second-order valence-corrected chi connectivity index (χ2v) is 3.91. The maximum atomic E-state index is 5.62. The third kappa shape index (κ3) is 5.58. The minimum Gasteiger partial charge on any atom is -0.487 e. The van der Waals surface area contributed by atoms with Crippen molar-refractivity contribution in [1.82, 2.24) is 4.98 Å². The van der Waals surface area contributed by atoms with Crippen molar-refractivity contribution in [3.63, 3.8) is 0 Å². The van der Waals surface area contributed by atoms with Crippen LogP contribution < -0.4 is 4.74 Å². The molecular weight excluding hydrogens is 238 g/mol. The number of nitrogens with zero attached hydrogens (tertiary/aromatic N) is 1. The molecule has 92 valence electrons. The Bertz CT molecular complexity index is 398. The molecule has 0 bridgehead atoms. The molecule has 0 N–H and O–H groups in total. The van der Waals surface area contributed by atoms with Gasteiger partial charge in [0.15, 0.2) is 0 Å². The molecule has 1 aromatic heterocycles. The summed E-state index contributed by atoms with van der Waals surface area (Å²) < 4.78 is 10.6. The van der Waals surface area contributed by atoms with Gasteiger partial charge >= 0.3 is 0 Å². The average Bonchev–Trinajstić information content (AvgIpc) is 2.30. The van der Waals surface area contributed by atoms with Crippen molar-refractivity contribution in [3.8, 4) is 17.6 Å². The van der Waals surface area contributed by atoms with E-state index in [0.717, 1.165) is 5.56 Å². The quantitative estimate of drug-likeness (QED) is 0.597. The van der Waals surface area contributed by atoms with Crippen LogP contribution in [-0.2, 0) is 4.74 Å². The van der Waals surface area contributed by atoms with Crippen molar-refractivity contribution in [2.24, 2.45) is 0 Å². The molecule has 1 aromatic rings. The van der Waals surface area contributed by atoms with Crippen molar-refractivity contribution >= 4 is 11.6 Å². The summed E-state index contributed by atoms with van der Waals surface area (Å²) in [5, 5.41) is 0. The van der Waals surface area contributed by atoms with Crippen LogP contribution in [-0.4, -0.2) is 30.7 Å². The first-order chi connectivity index (χ1) is 8.26. The van der Waals surface area contributed by atoms with E-state index in [-0.39, 0.29) is 6.10 Å². The molecule has 0 fully saturated rings. The van der Waals surface area contributed by atoms with Gasteiger partial charge in [-0.15, -0.1) is 11.6 Å². The van der Waals surface area contributed by atoms with Gasteiger partial charge in [0.2, 0.25) is 0 Å². The fourth-order valence-corrected chi connectivity index (χ4v) is 1.36. The first kappa shape index (κ1) is 13.8. The van der Waals surface area contributed by atoms with Crippen molar-refractivity contribution in [3.05, 3.63) is 24.0 Å². The van der Waals surface area contributed by atoms with Crippen molar-refractivity contribution in [1.29, 1.82) is 0 Å². The van der Waals surface area contributed by atoms with Crippen LogP contribution in [0.2, 0.25) is 0 Å². The molecule has 0 aliphatic carbocycles. The second kappa shape index (κ2) is 7.94. The third-order valence-electron chi connectivity index (χ3n) is 1.90. The highest BCUT2D eigenvalue weighted by atomic mass is 35.5. The zero-order valence-corrected chi connectivity index (χ0v) is 10.8. The molecule has 0 radical (unpaired) electrons. The van der Waals surface area contributed by atoms with E-state index >= 15 is 0 Å². The molecule has 1 heterocycles. The Morgan fingerprint density at radius 1 is 1.47 bits per heavy atom. The lowest BCUT2D eigenvalue weighted by Gasteiger charge is -2.13. The molecule has 0 saturated carbocycles. The molecule has 3 nitrogen and oxygen atoms in total. The van der Waals surface area contributed by atoms with Crippen LogP contribution in [0.1, 0.15) is 18.9 Å². The Balaban J connectivity index is 2.63. The number of rotatable bonds is 5. The minimum atomic E-state index is -0.00662. The van der Waals surface area contributed by atoms with Crippen molar-refractivity contribution in [2.75, 3.05) is 19.6 Å². The Morgan fingerprint density at radius 2 is 2.29 bits per heavy atom. The summed E-state index contributed by atoms with van der Waals surface area (Å²) in [5.41, 5.74) is 0.831. The van der Waals surface area contributed by atoms with Crippen LogP contribution in [0.25, 0.3) is 0 Å². The predicted molar refractivity (Wildman–Crippen MR) is 68.4 cm³/mol. The molecule has 0 aromatic carbocycles. The fourth-order valence-electron chi connectivity index (χ4n) is 1.26. The van der Waals surface area contributed by atoms with Crippen LogP contribution in [0.3, 0.4) is 0 Å². The smallest absolute Gasteiger partial charge is 0.139 e. The number of ether oxygens (including phenoxy) is 2. The molecule has 1 rings (SSSR count). The largest absolute Gasteiger partial charge is 0.487 e. The van der Waals surface area contributed by atoms with Gasteiger partial charge in [0.1, 0.15) is 11.9 Å². The standard InChI is InChI=1S/C13H16ClNO2/c1-11(10-16-2)17-13-7-12(8-15-9-13)5-3-4-6-14/h7-9,11H,4,6,10H2,1-2H3. The van der Waals surface area contributed by atoms with E-state index in [2.05, 4.69) is 16.8 Å². The molecule has 1 unspecified atom stereocenters. The second-order valence-electron chi connectivity index (χ2n) is 3.53. The number of hydrogen-bond donors (Lipinski definition) is 0. The van der Waals surface area contributed by atoms with Gasteiger partial charge in [0, 0.05) is 31.2 Å². The van der Waals surface area contributed by atoms with Crippen molar-refractivity contribution < 1.29 is 9.47 Å². The highest BCUT2D eigenvalue weighted by Crippen LogP contribution is 2.12. The number of hydrogen-bond acceptors (Lipinski definition) is 3. The van der Waals surface area contributed by atoms with Crippen LogP contribution in [0.5, 0.6) is 5.75 Å². The zero-order valence-electron chi connectivity index (χ0n) is 10.1. The van der Waals surface area contributed by atoms with E-state index in [4.69, 9.17) is 21.1 Å². The summed E-state index contributed by atoms with van der Waals surface area (Å²) in [6.07, 6.45) is 4.04. The van der Waals surface area contributed by atoms with Crippen LogP contribution >= 0.6 is 11.6 Å². The van der Waals surface area contributed by atoms with E-state index in [1.165, 1.54) is 0 Å². The van der Waals surface area contributed by atoms with Gasteiger partial charge in [-0.1, -0.05) is 11.8 Å². The Labute approximate surface area is 107 Å². The molecule has 0 amide bonds. The summed E-state index contributed by atoms with van der Waals surface area (Å²) in [6.45, 7) is 2.48. The molecule has 1 atom stereocenters. The van der Waals surface area contributed by atoms with Gasteiger partial charge in [0.25, 0.3) is 0 Å². The Kier molecular flexibility index (Phi) is 6.46. The minimum absolute atomic E-state index is 0.00662. The van der Waals surface area contributed by atoms with Gasteiger partial charge in [-0.25, -0.2) is 0 Å². The number of halogens is 1. The molecule has 0 aliphatic heterocycles. The first-order valence-electron chi connectivity index (χ1n) is 5.41. The van der Waals surface area contributed by atoms with Gasteiger partial charge in [0.05, 0.1) is 12.8 Å². The number of aromatic nitrogens is 1. The van der Waals surface area contributed by atoms with E-state index in [9.17, 15) is 0 Å². The maximum Gasteiger partial charge on any atom is 0.139 e. The lowest BCUT2D eigenvalue weighted by Crippen LogP contribution is -2.18.